The SMILES string of the molecule is CCC(=O)Nc1c(-c2ccccn2)cccc1S(=O)(=O)N[C@@H](CCCc1nc[nH]c1C)C(=O)N1CCC(CC)CC1.Cl.Cl. The van der Waals surface area contributed by atoms with Crippen LogP contribution in [0.5, 0.6) is 0 Å². The number of hydrogen-bond donors (Lipinski definition) is 3. The minimum atomic E-state index is -4.23. The van der Waals surface area contributed by atoms with Gasteiger partial charge in [-0.1, -0.05) is 38.5 Å². The van der Waals surface area contributed by atoms with Crippen LogP contribution < -0.4 is 10.0 Å². The van der Waals surface area contributed by atoms with Crippen molar-refractivity contribution in [1.29, 1.82) is 0 Å². The minimum Gasteiger partial charge on any atom is -0.348 e. The number of likely N-dealkylation sites (tertiary alicyclic amines) is 1. The van der Waals surface area contributed by atoms with Crippen LogP contribution in [0.1, 0.15) is 63.8 Å². The van der Waals surface area contributed by atoms with E-state index in [1.54, 1.807) is 54.7 Å². The zero-order valence-electron chi connectivity index (χ0n) is 24.8. The minimum absolute atomic E-state index is 0. The van der Waals surface area contributed by atoms with Crippen LogP contribution in [0.15, 0.2) is 53.8 Å². The van der Waals surface area contributed by atoms with Gasteiger partial charge in [0, 0.05) is 37.0 Å². The van der Waals surface area contributed by atoms with E-state index in [1.807, 2.05) is 6.92 Å². The second-order valence-corrected chi connectivity index (χ2v) is 12.2. The molecule has 236 valence electrons. The quantitative estimate of drug-likeness (QED) is 0.243. The van der Waals surface area contributed by atoms with Crippen LogP contribution in [-0.2, 0) is 26.0 Å². The predicted molar refractivity (Wildman–Crippen MR) is 173 cm³/mol. The number of halogens is 2. The van der Waals surface area contributed by atoms with Gasteiger partial charge in [-0.25, -0.2) is 13.4 Å². The van der Waals surface area contributed by atoms with Crippen LogP contribution in [0.2, 0.25) is 0 Å². The molecule has 0 bridgehead atoms. The van der Waals surface area contributed by atoms with Crippen molar-refractivity contribution in [1.82, 2.24) is 24.6 Å². The Morgan fingerprint density at radius 2 is 1.81 bits per heavy atom. The highest BCUT2D eigenvalue weighted by molar-refractivity contribution is 7.89. The Morgan fingerprint density at radius 1 is 1.07 bits per heavy atom. The molecule has 2 aromatic heterocycles. The number of amides is 2. The molecule has 1 aliphatic heterocycles. The number of hydrogen-bond acceptors (Lipinski definition) is 6. The van der Waals surface area contributed by atoms with Gasteiger partial charge in [0.05, 0.1) is 23.4 Å². The Morgan fingerprint density at radius 3 is 2.42 bits per heavy atom. The van der Waals surface area contributed by atoms with E-state index in [-0.39, 0.29) is 53.6 Å². The van der Waals surface area contributed by atoms with Crippen molar-refractivity contribution in [2.45, 2.75) is 76.7 Å². The molecule has 4 rings (SSSR count). The number of benzene rings is 1. The molecule has 0 unspecified atom stereocenters. The first-order valence-electron chi connectivity index (χ1n) is 14.4. The second-order valence-electron chi connectivity index (χ2n) is 10.5. The van der Waals surface area contributed by atoms with E-state index in [9.17, 15) is 18.0 Å². The molecule has 1 saturated heterocycles. The molecular formula is C30H42Cl2N6O4S. The first-order chi connectivity index (χ1) is 19.7. The Balaban J connectivity index is 0.00000323. The molecule has 43 heavy (non-hydrogen) atoms. The maximum Gasteiger partial charge on any atom is 0.243 e. The number of imidazole rings is 1. The zero-order chi connectivity index (χ0) is 29.4. The van der Waals surface area contributed by atoms with E-state index in [2.05, 4.69) is 31.9 Å². The molecule has 1 aromatic carbocycles. The lowest BCUT2D eigenvalue weighted by atomic mass is 9.94. The number of anilines is 1. The molecule has 2 amide bonds. The number of pyridine rings is 1. The second kappa shape index (κ2) is 16.7. The first-order valence-corrected chi connectivity index (χ1v) is 15.9. The van der Waals surface area contributed by atoms with Crippen molar-refractivity contribution >= 4 is 52.3 Å². The topological polar surface area (TPSA) is 137 Å². The van der Waals surface area contributed by atoms with Crippen LogP contribution in [0.3, 0.4) is 0 Å². The van der Waals surface area contributed by atoms with Crippen LogP contribution in [-0.4, -0.2) is 59.2 Å². The average molecular weight is 654 g/mol. The van der Waals surface area contributed by atoms with Gasteiger partial charge in [-0.2, -0.15) is 4.72 Å². The average Bonchev–Trinajstić information content (AvgIpc) is 3.40. The number of aromatic nitrogens is 3. The highest BCUT2D eigenvalue weighted by Gasteiger charge is 2.33. The lowest BCUT2D eigenvalue weighted by Gasteiger charge is -2.34. The van der Waals surface area contributed by atoms with Crippen molar-refractivity contribution in [2.24, 2.45) is 5.92 Å². The normalized spacial score (nSPS) is 14.3. The maximum absolute atomic E-state index is 14.0. The standard InChI is InChI=1S/C30H40N6O4S.2ClH/c1-4-22-15-18-36(19-16-22)30(38)26(13-9-12-24-21(3)32-20-33-24)35-41(39,40)27-14-8-10-23(25-11-6-7-17-31-25)29(27)34-28(37)5-2;;/h6-8,10-11,14,17,20,22,26,35H,4-5,9,12-13,15-16,18-19H2,1-3H3,(H,32,33)(H,34,37);2*1H/t26-;;/m0../s1. The molecule has 1 aliphatic rings. The highest BCUT2D eigenvalue weighted by atomic mass is 35.5. The molecule has 1 atom stereocenters. The predicted octanol–water partition coefficient (Wildman–Crippen LogP) is 5.29. The van der Waals surface area contributed by atoms with Crippen molar-refractivity contribution < 1.29 is 18.0 Å². The van der Waals surface area contributed by atoms with Crippen LogP contribution >= 0.6 is 24.8 Å². The summed E-state index contributed by atoms with van der Waals surface area (Å²) < 4.78 is 30.7. The third-order valence-corrected chi connectivity index (χ3v) is 9.30. The maximum atomic E-state index is 14.0. The number of carbonyl (C=O) groups is 2. The molecule has 3 aromatic rings. The van der Waals surface area contributed by atoms with E-state index >= 15 is 0 Å². The first kappa shape index (κ1) is 36.2. The summed E-state index contributed by atoms with van der Waals surface area (Å²) in [6.07, 6.45) is 7.81. The monoisotopic (exact) mass is 652 g/mol. The van der Waals surface area contributed by atoms with E-state index in [4.69, 9.17) is 0 Å². The zero-order valence-corrected chi connectivity index (χ0v) is 27.3. The lowest BCUT2D eigenvalue weighted by molar-refractivity contribution is -0.134. The summed E-state index contributed by atoms with van der Waals surface area (Å²) in [7, 11) is -4.23. The molecule has 13 heteroatoms. The molecule has 3 heterocycles. The smallest absolute Gasteiger partial charge is 0.243 e. The van der Waals surface area contributed by atoms with Gasteiger partial charge >= 0.3 is 0 Å². The van der Waals surface area contributed by atoms with E-state index in [0.717, 1.165) is 30.7 Å². The Labute approximate surface area is 266 Å². The number of aromatic amines is 1. The fourth-order valence-electron chi connectivity index (χ4n) is 5.23. The summed E-state index contributed by atoms with van der Waals surface area (Å²) in [4.78, 5) is 39.7. The van der Waals surface area contributed by atoms with E-state index in [0.29, 0.717) is 49.5 Å². The van der Waals surface area contributed by atoms with E-state index in [1.165, 1.54) is 6.07 Å². The Bertz CT molecular complexity index is 1440. The number of sulfonamides is 1. The van der Waals surface area contributed by atoms with Gasteiger partial charge in [-0.15, -0.1) is 24.8 Å². The van der Waals surface area contributed by atoms with Crippen LogP contribution in [0.4, 0.5) is 5.69 Å². The Hall–Kier alpha value is -2.99. The van der Waals surface area contributed by atoms with Crippen molar-refractivity contribution in [3.63, 3.8) is 0 Å². The highest BCUT2D eigenvalue weighted by Crippen LogP contribution is 2.33. The molecule has 10 nitrogen and oxygen atoms in total. The number of nitrogens with one attached hydrogen (secondary N) is 3. The van der Waals surface area contributed by atoms with Gasteiger partial charge in [0.1, 0.15) is 10.9 Å². The van der Waals surface area contributed by atoms with Gasteiger partial charge in [0.25, 0.3) is 0 Å². The molecular weight excluding hydrogens is 611 g/mol. The molecule has 0 radical (unpaired) electrons. The summed E-state index contributed by atoms with van der Waals surface area (Å²) in [5.41, 5.74) is 3.01. The molecule has 0 spiro atoms. The number of piperidine rings is 1. The number of H-pyrrole nitrogens is 1. The molecule has 0 saturated carbocycles. The van der Waals surface area contributed by atoms with Gasteiger partial charge in [0.15, 0.2) is 0 Å². The van der Waals surface area contributed by atoms with Gasteiger partial charge in [-0.3, -0.25) is 14.6 Å². The lowest BCUT2D eigenvalue weighted by Crippen LogP contribution is -2.50. The molecule has 1 fully saturated rings. The third-order valence-electron chi connectivity index (χ3n) is 7.78. The van der Waals surface area contributed by atoms with E-state index < -0.39 is 16.1 Å². The summed E-state index contributed by atoms with van der Waals surface area (Å²) in [5, 5.41) is 2.77. The summed E-state index contributed by atoms with van der Waals surface area (Å²) in [6, 6.07) is 9.15. The van der Waals surface area contributed by atoms with Crippen LogP contribution in [0, 0.1) is 12.8 Å². The van der Waals surface area contributed by atoms with Crippen molar-refractivity contribution in [3.05, 3.63) is 60.3 Å². The third kappa shape index (κ3) is 9.25. The van der Waals surface area contributed by atoms with Crippen molar-refractivity contribution in [3.8, 4) is 11.3 Å². The molecule has 3 N–H and O–H groups in total. The number of para-hydroxylation sites is 1. The summed E-state index contributed by atoms with van der Waals surface area (Å²) in [5.74, 6) is 0.0310. The van der Waals surface area contributed by atoms with Gasteiger partial charge in [0.2, 0.25) is 21.8 Å². The van der Waals surface area contributed by atoms with Gasteiger partial charge < -0.3 is 15.2 Å². The fraction of sp³-hybridized carbons (Fsp3) is 0.467. The molecule has 0 aliphatic carbocycles. The fourth-order valence-corrected chi connectivity index (χ4v) is 6.63. The number of aryl methyl sites for hydroxylation is 2. The van der Waals surface area contributed by atoms with Gasteiger partial charge in [-0.05, 0) is 63.1 Å². The summed E-state index contributed by atoms with van der Waals surface area (Å²) >= 11 is 0. The number of nitrogens with zero attached hydrogens (tertiary/aromatic N) is 3. The largest absolute Gasteiger partial charge is 0.348 e. The number of rotatable bonds is 12. The van der Waals surface area contributed by atoms with Crippen LogP contribution in [0.25, 0.3) is 11.3 Å². The number of carbonyl (C=O) groups excluding carboxylic acids is 2. The Kier molecular flexibility index (Phi) is 14.1. The van der Waals surface area contributed by atoms with Crippen molar-refractivity contribution in [2.75, 3.05) is 18.4 Å². The summed E-state index contributed by atoms with van der Waals surface area (Å²) in [6.45, 7) is 7.01.